The molecule has 0 bridgehead atoms. The number of benzene rings is 2. The summed E-state index contributed by atoms with van der Waals surface area (Å²) in [5.41, 5.74) is 0.962. The zero-order valence-corrected chi connectivity index (χ0v) is 22.1. The third-order valence-corrected chi connectivity index (χ3v) is 8.25. The van der Waals surface area contributed by atoms with Crippen LogP contribution in [0.25, 0.3) is 0 Å². The first kappa shape index (κ1) is 27.1. The highest BCUT2D eigenvalue weighted by Gasteiger charge is 2.29. The zero-order chi connectivity index (χ0) is 26.1. The fourth-order valence-corrected chi connectivity index (χ4v) is 5.82. The van der Waals surface area contributed by atoms with Crippen LogP contribution >= 0.6 is 0 Å². The lowest BCUT2D eigenvalue weighted by Gasteiger charge is -2.29. The van der Waals surface area contributed by atoms with Crippen molar-refractivity contribution in [3.8, 4) is 0 Å². The number of hydrogen-bond acceptors (Lipinski definition) is 6. The van der Waals surface area contributed by atoms with Crippen molar-refractivity contribution in [1.29, 1.82) is 0 Å². The second kappa shape index (κ2) is 13.0. The van der Waals surface area contributed by atoms with Crippen molar-refractivity contribution in [2.24, 2.45) is 0 Å². The first-order chi connectivity index (χ1) is 17.9. The van der Waals surface area contributed by atoms with Crippen molar-refractivity contribution in [3.63, 3.8) is 0 Å². The van der Waals surface area contributed by atoms with Gasteiger partial charge in [0.05, 0.1) is 31.2 Å². The van der Waals surface area contributed by atoms with Gasteiger partial charge in [-0.1, -0.05) is 48.5 Å². The van der Waals surface area contributed by atoms with Crippen molar-refractivity contribution in [3.05, 3.63) is 89.9 Å². The molecule has 8 nitrogen and oxygen atoms in total. The van der Waals surface area contributed by atoms with Crippen molar-refractivity contribution < 1.29 is 22.4 Å². The number of nitrogens with zero attached hydrogens (tertiary/aromatic N) is 3. The maximum absolute atomic E-state index is 13.7. The SMILES string of the molecule is Cc1ccc(CN(Cc2ccccc2)C(=O)CN(CCCN2CCOCC2)S(=O)(=O)c2ccccc2)o1. The molecule has 0 unspecified atom stereocenters. The third-order valence-electron chi connectivity index (χ3n) is 6.39. The highest BCUT2D eigenvalue weighted by Crippen LogP contribution is 2.18. The van der Waals surface area contributed by atoms with Crippen molar-refractivity contribution in [2.45, 2.75) is 31.3 Å². The van der Waals surface area contributed by atoms with E-state index in [1.807, 2.05) is 49.4 Å². The smallest absolute Gasteiger partial charge is 0.243 e. The monoisotopic (exact) mass is 525 g/mol. The van der Waals surface area contributed by atoms with Gasteiger partial charge < -0.3 is 14.1 Å². The van der Waals surface area contributed by atoms with E-state index >= 15 is 0 Å². The average Bonchev–Trinajstić information content (AvgIpc) is 3.33. The minimum atomic E-state index is -3.86. The van der Waals surface area contributed by atoms with Crippen molar-refractivity contribution in [2.75, 3.05) is 45.9 Å². The Hall–Kier alpha value is -2.98. The highest BCUT2D eigenvalue weighted by atomic mass is 32.2. The second-order valence-corrected chi connectivity index (χ2v) is 11.1. The number of sulfonamides is 1. The van der Waals surface area contributed by atoms with E-state index in [0.717, 1.165) is 31.0 Å². The number of furan rings is 1. The van der Waals surface area contributed by atoms with Crippen molar-refractivity contribution >= 4 is 15.9 Å². The minimum absolute atomic E-state index is 0.186. The predicted octanol–water partition coefficient (Wildman–Crippen LogP) is 3.53. The molecule has 0 radical (unpaired) electrons. The van der Waals surface area contributed by atoms with Gasteiger partial charge in [-0.15, -0.1) is 0 Å². The van der Waals surface area contributed by atoms with E-state index in [-0.39, 0.29) is 30.4 Å². The number of ether oxygens (including phenoxy) is 1. The lowest BCUT2D eigenvalue weighted by Crippen LogP contribution is -2.44. The van der Waals surface area contributed by atoms with Crippen LogP contribution < -0.4 is 0 Å². The fraction of sp³-hybridized carbons (Fsp3) is 0.393. The molecule has 37 heavy (non-hydrogen) atoms. The van der Waals surface area contributed by atoms with Crippen LogP contribution in [0, 0.1) is 6.92 Å². The molecule has 1 aliphatic heterocycles. The number of carbonyl (C=O) groups is 1. The summed E-state index contributed by atoms with van der Waals surface area (Å²) in [5, 5.41) is 0. The van der Waals surface area contributed by atoms with Gasteiger partial charge in [0.25, 0.3) is 0 Å². The number of morpholine rings is 1. The molecule has 0 spiro atoms. The normalized spacial score (nSPS) is 14.6. The van der Waals surface area contributed by atoms with E-state index < -0.39 is 10.0 Å². The van der Waals surface area contributed by atoms with Gasteiger partial charge in [-0.05, 0) is 49.7 Å². The lowest BCUT2D eigenvalue weighted by atomic mass is 10.2. The molecular weight excluding hydrogens is 490 g/mol. The molecule has 3 aromatic rings. The molecule has 0 saturated carbocycles. The molecule has 0 aliphatic carbocycles. The standard InChI is InChI=1S/C28H35N3O5S/c1-24-13-14-26(36-24)22-30(21-25-9-4-2-5-10-25)28(32)23-31(16-8-15-29-17-19-35-20-18-29)37(33,34)27-11-6-3-7-12-27/h2-7,9-14H,8,15-23H2,1H3. The van der Waals surface area contributed by atoms with Gasteiger partial charge in [0.15, 0.2) is 0 Å². The summed E-state index contributed by atoms with van der Waals surface area (Å²) in [6.45, 7) is 6.26. The van der Waals surface area contributed by atoms with E-state index in [1.165, 1.54) is 4.31 Å². The van der Waals surface area contributed by atoms with Gasteiger partial charge >= 0.3 is 0 Å². The lowest BCUT2D eigenvalue weighted by molar-refractivity contribution is -0.133. The van der Waals surface area contributed by atoms with Crippen LogP contribution in [0.15, 0.2) is 82.1 Å². The number of carbonyl (C=O) groups excluding carboxylic acids is 1. The van der Waals surface area contributed by atoms with Crippen LogP contribution in [0.3, 0.4) is 0 Å². The fourth-order valence-electron chi connectivity index (χ4n) is 4.37. The van der Waals surface area contributed by atoms with Crippen LogP contribution in [0.4, 0.5) is 0 Å². The Balaban J connectivity index is 1.52. The maximum Gasteiger partial charge on any atom is 0.243 e. The molecule has 2 aromatic carbocycles. The van der Waals surface area contributed by atoms with E-state index in [2.05, 4.69) is 4.90 Å². The summed E-state index contributed by atoms with van der Waals surface area (Å²) in [7, 11) is -3.86. The van der Waals surface area contributed by atoms with E-state index in [0.29, 0.717) is 31.9 Å². The number of rotatable bonds is 12. The van der Waals surface area contributed by atoms with Gasteiger partial charge in [-0.3, -0.25) is 9.69 Å². The summed E-state index contributed by atoms with van der Waals surface area (Å²) in [5.74, 6) is 1.15. The Bertz CT molecular complexity index is 1220. The second-order valence-electron chi connectivity index (χ2n) is 9.21. The molecule has 1 aromatic heterocycles. The highest BCUT2D eigenvalue weighted by molar-refractivity contribution is 7.89. The first-order valence-electron chi connectivity index (χ1n) is 12.6. The molecular formula is C28H35N3O5S. The molecule has 1 saturated heterocycles. The molecule has 4 rings (SSSR count). The Morgan fingerprint density at radius 3 is 2.24 bits per heavy atom. The summed E-state index contributed by atoms with van der Waals surface area (Å²) in [6.07, 6.45) is 0.620. The predicted molar refractivity (Wildman–Crippen MR) is 141 cm³/mol. The average molecular weight is 526 g/mol. The third kappa shape index (κ3) is 7.75. The summed E-state index contributed by atoms with van der Waals surface area (Å²) >= 11 is 0. The van der Waals surface area contributed by atoms with Gasteiger partial charge in [0, 0.05) is 26.2 Å². The molecule has 9 heteroatoms. The van der Waals surface area contributed by atoms with E-state index in [4.69, 9.17) is 9.15 Å². The molecule has 2 heterocycles. The van der Waals surface area contributed by atoms with Gasteiger partial charge in [0.1, 0.15) is 11.5 Å². The summed E-state index contributed by atoms with van der Waals surface area (Å²) < 4.78 is 39.7. The Labute approximate surface area is 219 Å². The zero-order valence-electron chi connectivity index (χ0n) is 21.3. The van der Waals surface area contributed by atoms with Crippen molar-refractivity contribution in [1.82, 2.24) is 14.1 Å². The van der Waals surface area contributed by atoms with Crippen LogP contribution in [-0.2, 0) is 32.6 Å². The Morgan fingerprint density at radius 2 is 1.59 bits per heavy atom. The minimum Gasteiger partial charge on any atom is -0.464 e. The van der Waals surface area contributed by atoms with Gasteiger partial charge in [-0.25, -0.2) is 8.42 Å². The number of hydrogen-bond donors (Lipinski definition) is 0. The summed E-state index contributed by atoms with van der Waals surface area (Å²) in [6, 6.07) is 21.7. The molecule has 1 amide bonds. The quantitative estimate of drug-likeness (QED) is 0.360. The van der Waals surface area contributed by atoms with Crippen LogP contribution in [-0.4, -0.2) is 74.4 Å². The largest absolute Gasteiger partial charge is 0.464 e. The van der Waals surface area contributed by atoms with Gasteiger partial charge in [0.2, 0.25) is 15.9 Å². The molecule has 1 aliphatic rings. The Kier molecular flexibility index (Phi) is 9.51. The molecule has 0 N–H and O–H groups in total. The maximum atomic E-state index is 13.7. The Morgan fingerprint density at radius 1 is 0.919 bits per heavy atom. The number of aryl methyl sites for hydroxylation is 1. The molecule has 198 valence electrons. The van der Waals surface area contributed by atoms with Crippen LogP contribution in [0.2, 0.25) is 0 Å². The van der Waals surface area contributed by atoms with E-state index in [9.17, 15) is 13.2 Å². The summed E-state index contributed by atoms with van der Waals surface area (Å²) in [4.78, 5) is 17.8. The topological polar surface area (TPSA) is 83.3 Å². The van der Waals surface area contributed by atoms with Gasteiger partial charge in [-0.2, -0.15) is 4.31 Å². The molecule has 0 atom stereocenters. The molecule has 1 fully saturated rings. The number of amides is 1. The van der Waals surface area contributed by atoms with Crippen LogP contribution in [0.5, 0.6) is 0 Å². The first-order valence-corrected chi connectivity index (χ1v) is 14.1. The van der Waals surface area contributed by atoms with Crippen LogP contribution in [0.1, 0.15) is 23.5 Å². The van der Waals surface area contributed by atoms with E-state index in [1.54, 1.807) is 35.2 Å².